The minimum Gasteiger partial charge on any atom is -0.385 e. The molecule has 10 heavy (non-hydrogen) atoms. The Morgan fingerprint density at radius 2 is 2.40 bits per heavy atom. The monoisotopic (exact) mass is 141 g/mol. The summed E-state index contributed by atoms with van der Waals surface area (Å²) in [6.07, 6.45) is 3.18. The molecule has 1 radical (unpaired) electrons. The van der Waals surface area contributed by atoms with E-state index in [0.29, 0.717) is 12.8 Å². The smallest absolute Gasteiger partial charge is 0.183 e. The number of allylic oxidation sites excluding steroid dienone is 1. The number of rotatable bonds is 4. The van der Waals surface area contributed by atoms with E-state index in [0.717, 1.165) is 0 Å². The van der Waals surface area contributed by atoms with Crippen molar-refractivity contribution < 1.29 is 9.90 Å². The van der Waals surface area contributed by atoms with E-state index in [9.17, 15) is 4.79 Å². The molecule has 2 nitrogen and oxygen atoms in total. The van der Waals surface area contributed by atoms with Crippen LogP contribution >= 0.6 is 0 Å². The Hall–Kier alpha value is -0.630. The second-order valence-corrected chi connectivity index (χ2v) is 2.06. The van der Waals surface area contributed by atoms with Crippen molar-refractivity contribution in [2.45, 2.75) is 25.9 Å². The summed E-state index contributed by atoms with van der Waals surface area (Å²) in [4.78, 5) is 10.8. The van der Waals surface area contributed by atoms with E-state index in [2.05, 4.69) is 6.92 Å². The van der Waals surface area contributed by atoms with E-state index in [-0.39, 0.29) is 5.78 Å². The highest BCUT2D eigenvalue weighted by Crippen LogP contribution is 1.97. The van der Waals surface area contributed by atoms with Gasteiger partial charge in [0.2, 0.25) is 0 Å². The fourth-order valence-electron chi connectivity index (χ4n) is 0.611. The van der Waals surface area contributed by atoms with Crippen LogP contribution in [0.2, 0.25) is 0 Å². The van der Waals surface area contributed by atoms with Crippen LogP contribution in [0.25, 0.3) is 0 Å². The van der Waals surface area contributed by atoms with E-state index in [1.807, 2.05) is 0 Å². The molecular formula is C8H13O2. The molecule has 0 rings (SSSR count). The zero-order valence-electron chi connectivity index (χ0n) is 6.21. The van der Waals surface area contributed by atoms with Crippen LogP contribution in [0.15, 0.2) is 12.2 Å². The van der Waals surface area contributed by atoms with Gasteiger partial charge in [-0.15, -0.1) is 0 Å². The number of carbonyl (C=O) groups excluding carboxylic acids is 1. The maximum absolute atomic E-state index is 10.8. The molecule has 0 aromatic carbocycles. The summed E-state index contributed by atoms with van der Waals surface area (Å²) in [7, 11) is 0. The van der Waals surface area contributed by atoms with Gasteiger partial charge in [-0.3, -0.25) is 4.79 Å². The van der Waals surface area contributed by atoms with Gasteiger partial charge in [0.05, 0.1) is 0 Å². The molecule has 0 saturated heterocycles. The van der Waals surface area contributed by atoms with Gasteiger partial charge in [0.1, 0.15) is 6.10 Å². The van der Waals surface area contributed by atoms with Crippen molar-refractivity contribution in [2.75, 3.05) is 0 Å². The summed E-state index contributed by atoms with van der Waals surface area (Å²) in [5.74, 6) is -0.230. The van der Waals surface area contributed by atoms with Gasteiger partial charge in [-0.05, 0) is 19.4 Å². The van der Waals surface area contributed by atoms with E-state index >= 15 is 0 Å². The first-order valence-corrected chi connectivity index (χ1v) is 3.36. The Morgan fingerprint density at radius 3 is 2.80 bits per heavy atom. The molecule has 0 aliphatic carbocycles. The van der Waals surface area contributed by atoms with Crippen LogP contribution in [-0.2, 0) is 4.79 Å². The summed E-state index contributed by atoms with van der Waals surface area (Å²) in [5, 5.41) is 9.01. The van der Waals surface area contributed by atoms with E-state index in [1.165, 1.54) is 6.08 Å². The minimum absolute atomic E-state index is 0.230. The summed E-state index contributed by atoms with van der Waals surface area (Å²) < 4.78 is 0. The first-order chi connectivity index (χ1) is 4.72. The number of hydrogen-bond acceptors (Lipinski definition) is 2. The van der Waals surface area contributed by atoms with E-state index in [4.69, 9.17) is 5.11 Å². The average Bonchev–Trinajstić information content (AvgIpc) is 1.89. The van der Waals surface area contributed by atoms with Crippen molar-refractivity contribution in [1.82, 2.24) is 0 Å². The van der Waals surface area contributed by atoms with Gasteiger partial charge in [0.25, 0.3) is 0 Å². The standard InChI is InChI=1S/C8H13O2/c1-3-5-7(9)8(10)6-4-2/h4,6-7,9H,1,3,5H2,2H3. The lowest BCUT2D eigenvalue weighted by Crippen LogP contribution is -2.17. The third kappa shape index (κ3) is 3.41. The largest absolute Gasteiger partial charge is 0.385 e. The summed E-state index contributed by atoms with van der Waals surface area (Å²) in [5.41, 5.74) is 0. The van der Waals surface area contributed by atoms with Gasteiger partial charge in [0.15, 0.2) is 5.78 Å². The molecule has 0 aliphatic heterocycles. The van der Waals surface area contributed by atoms with Crippen molar-refractivity contribution >= 4 is 5.78 Å². The first-order valence-electron chi connectivity index (χ1n) is 3.36. The number of aliphatic hydroxyl groups excluding tert-OH is 1. The molecule has 0 amide bonds. The van der Waals surface area contributed by atoms with Crippen LogP contribution in [0.5, 0.6) is 0 Å². The van der Waals surface area contributed by atoms with Crippen molar-refractivity contribution in [2.24, 2.45) is 0 Å². The Bertz CT molecular complexity index is 127. The second-order valence-electron chi connectivity index (χ2n) is 2.06. The maximum atomic E-state index is 10.8. The van der Waals surface area contributed by atoms with Crippen LogP contribution in [0, 0.1) is 6.92 Å². The molecule has 0 spiro atoms. The van der Waals surface area contributed by atoms with Crippen LogP contribution in [-0.4, -0.2) is 17.0 Å². The summed E-state index contributed by atoms with van der Waals surface area (Å²) in [6.45, 7) is 5.28. The van der Waals surface area contributed by atoms with Gasteiger partial charge in [-0.2, -0.15) is 0 Å². The second kappa shape index (κ2) is 5.18. The van der Waals surface area contributed by atoms with Crippen LogP contribution in [0.3, 0.4) is 0 Å². The highest BCUT2D eigenvalue weighted by molar-refractivity contribution is 5.93. The van der Waals surface area contributed by atoms with Gasteiger partial charge >= 0.3 is 0 Å². The first kappa shape index (κ1) is 9.37. The molecule has 0 aliphatic rings. The highest BCUT2D eigenvalue weighted by Gasteiger charge is 2.08. The Balaban J connectivity index is 3.70. The topological polar surface area (TPSA) is 37.3 Å². The zero-order chi connectivity index (χ0) is 7.98. The molecule has 1 atom stereocenters. The van der Waals surface area contributed by atoms with Crippen LogP contribution in [0.1, 0.15) is 19.8 Å². The van der Waals surface area contributed by atoms with Crippen molar-refractivity contribution in [3.05, 3.63) is 19.1 Å². The van der Waals surface area contributed by atoms with Crippen molar-refractivity contribution in [1.29, 1.82) is 0 Å². The predicted octanol–water partition coefficient (Wildman–Crippen LogP) is 1.11. The molecule has 2 heteroatoms. The fourth-order valence-corrected chi connectivity index (χ4v) is 0.611. The number of ketones is 1. The zero-order valence-corrected chi connectivity index (χ0v) is 6.21. The van der Waals surface area contributed by atoms with Gasteiger partial charge in [0, 0.05) is 0 Å². The third-order valence-corrected chi connectivity index (χ3v) is 1.14. The molecule has 0 bridgehead atoms. The highest BCUT2D eigenvalue weighted by atomic mass is 16.3. The molecule has 1 N–H and O–H groups in total. The lowest BCUT2D eigenvalue weighted by Gasteiger charge is -2.02. The quantitative estimate of drug-likeness (QED) is 0.595. The molecular weight excluding hydrogens is 128 g/mol. The molecule has 0 saturated carbocycles. The average molecular weight is 141 g/mol. The summed E-state index contributed by atoms with van der Waals surface area (Å²) >= 11 is 0. The lowest BCUT2D eigenvalue weighted by molar-refractivity contribution is -0.122. The number of aliphatic hydroxyl groups is 1. The van der Waals surface area contributed by atoms with Crippen molar-refractivity contribution in [3.8, 4) is 0 Å². The minimum atomic E-state index is -0.853. The fraction of sp³-hybridized carbons (Fsp3) is 0.500. The van der Waals surface area contributed by atoms with Crippen LogP contribution < -0.4 is 0 Å². The molecule has 0 fully saturated rings. The predicted molar refractivity (Wildman–Crippen MR) is 40.4 cm³/mol. The normalized spacial score (nSPS) is 13.9. The van der Waals surface area contributed by atoms with E-state index < -0.39 is 6.10 Å². The molecule has 0 aromatic heterocycles. The number of hydrogen-bond donors (Lipinski definition) is 1. The third-order valence-electron chi connectivity index (χ3n) is 1.14. The van der Waals surface area contributed by atoms with Gasteiger partial charge in [-0.1, -0.05) is 19.4 Å². The number of carbonyl (C=O) groups is 1. The molecule has 0 aromatic rings. The maximum Gasteiger partial charge on any atom is 0.183 e. The van der Waals surface area contributed by atoms with Gasteiger partial charge < -0.3 is 5.11 Å². The summed E-state index contributed by atoms with van der Waals surface area (Å²) in [6, 6.07) is 0. The van der Waals surface area contributed by atoms with Crippen molar-refractivity contribution in [3.63, 3.8) is 0 Å². The SMILES string of the molecule is [CH2]CCC(O)C(=O)C=CC. The Morgan fingerprint density at radius 1 is 1.80 bits per heavy atom. The molecule has 1 unspecified atom stereocenters. The molecule has 0 heterocycles. The Kier molecular flexibility index (Phi) is 4.85. The van der Waals surface area contributed by atoms with E-state index in [1.54, 1.807) is 13.0 Å². The van der Waals surface area contributed by atoms with Gasteiger partial charge in [-0.25, -0.2) is 0 Å². The lowest BCUT2D eigenvalue weighted by atomic mass is 10.1. The molecule has 57 valence electrons. The van der Waals surface area contributed by atoms with Crippen LogP contribution in [0.4, 0.5) is 0 Å². The Labute approximate surface area is 61.6 Å².